The van der Waals surface area contributed by atoms with Crippen molar-refractivity contribution < 1.29 is 5.11 Å². The largest absolute Gasteiger partial charge is 0.507 e. The SMILES string of the molecule is CCC1(CC)Cc2c(cc(C(C)(C)C)c(O)c2C(C)(C)C)S1. The molecule has 1 aromatic rings. The second kappa shape index (κ2) is 5.47. The fourth-order valence-electron chi connectivity index (χ4n) is 3.57. The Balaban J connectivity index is 2.73. The van der Waals surface area contributed by atoms with Crippen LogP contribution >= 0.6 is 11.8 Å². The van der Waals surface area contributed by atoms with Crippen LogP contribution in [0.15, 0.2) is 11.0 Å². The van der Waals surface area contributed by atoms with Crippen LogP contribution in [0.5, 0.6) is 5.75 Å². The van der Waals surface area contributed by atoms with Crippen molar-refractivity contribution in [2.75, 3.05) is 0 Å². The molecule has 1 heterocycles. The van der Waals surface area contributed by atoms with Crippen molar-refractivity contribution in [3.05, 3.63) is 22.8 Å². The molecule has 0 atom stereocenters. The highest BCUT2D eigenvalue weighted by atomic mass is 32.2. The number of phenolic OH excluding ortho intramolecular Hbond substituents is 1. The molecular weight excluding hydrogens is 288 g/mol. The number of phenols is 1. The highest BCUT2D eigenvalue weighted by molar-refractivity contribution is 8.01. The molecule has 124 valence electrons. The van der Waals surface area contributed by atoms with Crippen LogP contribution in [-0.2, 0) is 17.3 Å². The first-order valence-electron chi connectivity index (χ1n) is 8.54. The lowest BCUT2D eigenvalue weighted by molar-refractivity contribution is 0.418. The number of fused-ring (bicyclic) bond motifs is 1. The number of benzene rings is 1. The first-order chi connectivity index (χ1) is 9.95. The summed E-state index contributed by atoms with van der Waals surface area (Å²) >= 11 is 2.04. The van der Waals surface area contributed by atoms with Crippen molar-refractivity contribution in [1.82, 2.24) is 0 Å². The van der Waals surface area contributed by atoms with E-state index in [9.17, 15) is 5.11 Å². The summed E-state index contributed by atoms with van der Waals surface area (Å²) in [7, 11) is 0. The first kappa shape index (κ1) is 17.7. The molecule has 0 spiro atoms. The van der Waals surface area contributed by atoms with Crippen molar-refractivity contribution in [1.29, 1.82) is 0 Å². The molecular formula is C20H32OS. The molecule has 0 unspecified atom stereocenters. The lowest BCUT2D eigenvalue weighted by Gasteiger charge is -2.29. The minimum atomic E-state index is -0.0383. The zero-order chi connectivity index (χ0) is 16.9. The lowest BCUT2D eigenvalue weighted by atomic mass is 9.75. The Labute approximate surface area is 140 Å². The standard InChI is InChI=1S/C20H32OS/c1-9-20(10-2)12-13-15(22-20)11-14(18(3,4)5)17(21)16(13)19(6,7)8/h11,21H,9-10,12H2,1-8H3. The summed E-state index contributed by atoms with van der Waals surface area (Å²) in [6.07, 6.45) is 3.45. The van der Waals surface area contributed by atoms with Crippen LogP contribution in [0.3, 0.4) is 0 Å². The average molecular weight is 321 g/mol. The van der Waals surface area contributed by atoms with Crippen LogP contribution in [0.4, 0.5) is 0 Å². The van der Waals surface area contributed by atoms with Gasteiger partial charge >= 0.3 is 0 Å². The molecule has 0 amide bonds. The fourth-order valence-corrected chi connectivity index (χ4v) is 5.02. The highest BCUT2D eigenvalue weighted by Gasteiger charge is 2.40. The molecule has 0 radical (unpaired) electrons. The third-order valence-electron chi connectivity index (χ3n) is 5.04. The molecule has 2 rings (SSSR count). The van der Waals surface area contributed by atoms with E-state index in [2.05, 4.69) is 61.5 Å². The summed E-state index contributed by atoms with van der Waals surface area (Å²) in [5.41, 5.74) is 3.58. The molecule has 22 heavy (non-hydrogen) atoms. The normalized spacial score (nSPS) is 17.6. The van der Waals surface area contributed by atoms with E-state index in [1.807, 2.05) is 11.8 Å². The van der Waals surface area contributed by atoms with E-state index in [0.717, 1.165) is 12.0 Å². The van der Waals surface area contributed by atoms with Gasteiger partial charge in [-0.25, -0.2) is 0 Å². The zero-order valence-electron chi connectivity index (χ0n) is 15.6. The van der Waals surface area contributed by atoms with Gasteiger partial charge in [-0.1, -0.05) is 55.4 Å². The Bertz CT molecular complexity index is 569. The summed E-state index contributed by atoms with van der Waals surface area (Å²) < 4.78 is 0.311. The van der Waals surface area contributed by atoms with Crippen LogP contribution in [0.1, 0.15) is 84.9 Å². The van der Waals surface area contributed by atoms with Gasteiger partial charge < -0.3 is 5.11 Å². The molecule has 2 heteroatoms. The van der Waals surface area contributed by atoms with Crippen LogP contribution in [0.25, 0.3) is 0 Å². The third kappa shape index (κ3) is 2.91. The summed E-state index contributed by atoms with van der Waals surface area (Å²) in [5, 5.41) is 11.0. The van der Waals surface area contributed by atoms with Gasteiger partial charge in [0.1, 0.15) is 5.75 Å². The number of rotatable bonds is 2. The minimum absolute atomic E-state index is 0.0342. The predicted molar refractivity (Wildman–Crippen MR) is 98.4 cm³/mol. The third-order valence-corrected chi connectivity index (χ3v) is 6.78. The second-order valence-corrected chi connectivity index (χ2v) is 10.3. The first-order valence-corrected chi connectivity index (χ1v) is 9.35. The number of hydrogen-bond acceptors (Lipinski definition) is 2. The van der Waals surface area contributed by atoms with Gasteiger partial charge in [-0.3, -0.25) is 0 Å². The Kier molecular flexibility index (Phi) is 4.41. The van der Waals surface area contributed by atoms with E-state index in [1.165, 1.54) is 28.9 Å². The molecule has 0 aliphatic carbocycles. The number of hydrogen-bond donors (Lipinski definition) is 1. The Morgan fingerprint density at radius 2 is 1.59 bits per heavy atom. The quantitative estimate of drug-likeness (QED) is 0.700. The molecule has 0 saturated heterocycles. The maximum atomic E-state index is 11.0. The smallest absolute Gasteiger partial charge is 0.123 e. The molecule has 1 N–H and O–H groups in total. The fraction of sp³-hybridized carbons (Fsp3) is 0.700. The van der Waals surface area contributed by atoms with E-state index in [4.69, 9.17) is 0 Å². The minimum Gasteiger partial charge on any atom is -0.507 e. The van der Waals surface area contributed by atoms with Gasteiger partial charge in [-0.05, 0) is 41.7 Å². The monoisotopic (exact) mass is 320 g/mol. The molecule has 0 saturated carbocycles. The zero-order valence-corrected chi connectivity index (χ0v) is 16.4. The van der Waals surface area contributed by atoms with E-state index in [1.54, 1.807) is 0 Å². The van der Waals surface area contributed by atoms with E-state index < -0.39 is 0 Å². The van der Waals surface area contributed by atoms with Crippen molar-refractivity contribution in [2.45, 2.75) is 95.1 Å². The summed E-state index contributed by atoms with van der Waals surface area (Å²) in [4.78, 5) is 1.40. The number of aromatic hydroxyl groups is 1. The molecule has 1 aromatic carbocycles. The van der Waals surface area contributed by atoms with Gasteiger partial charge in [-0.2, -0.15) is 0 Å². The Morgan fingerprint density at radius 1 is 1.05 bits per heavy atom. The van der Waals surface area contributed by atoms with E-state index in [-0.39, 0.29) is 10.8 Å². The van der Waals surface area contributed by atoms with Crippen molar-refractivity contribution in [2.24, 2.45) is 0 Å². The summed E-state index contributed by atoms with van der Waals surface area (Å²) in [6, 6.07) is 2.26. The summed E-state index contributed by atoms with van der Waals surface area (Å²) in [6.45, 7) is 17.8. The van der Waals surface area contributed by atoms with Crippen molar-refractivity contribution in [3.63, 3.8) is 0 Å². The predicted octanol–water partition coefficient (Wildman–Crippen LogP) is 6.19. The van der Waals surface area contributed by atoms with Crippen molar-refractivity contribution in [3.8, 4) is 5.75 Å². The summed E-state index contributed by atoms with van der Waals surface area (Å²) in [5.74, 6) is 0.530. The van der Waals surface area contributed by atoms with Crippen LogP contribution in [0.2, 0.25) is 0 Å². The van der Waals surface area contributed by atoms with Crippen LogP contribution in [0, 0.1) is 0 Å². The molecule has 0 fully saturated rings. The average Bonchev–Trinajstić information content (AvgIpc) is 2.73. The molecule has 0 bridgehead atoms. The molecule has 1 nitrogen and oxygen atoms in total. The topological polar surface area (TPSA) is 20.2 Å². The number of thioether (sulfide) groups is 1. The van der Waals surface area contributed by atoms with Gasteiger partial charge in [0.25, 0.3) is 0 Å². The molecule has 0 aromatic heterocycles. The maximum Gasteiger partial charge on any atom is 0.123 e. The van der Waals surface area contributed by atoms with Gasteiger partial charge in [0.15, 0.2) is 0 Å². The Morgan fingerprint density at radius 3 is 2.00 bits per heavy atom. The molecule has 1 aliphatic heterocycles. The van der Waals surface area contributed by atoms with Crippen LogP contribution in [-0.4, -0.2) is 9.85 Å². The lowest BCUT2D eigenvalue weighted by Crippen LogP contribution is -2.23. The van der Waals surface area contributed by atoms with E-state index >= 15 is 0 Å². The molecule has 1 aliphatic rings. The van der Waals surface area contributed by atoms with Crippen LogP contribution < -0.4 is 0 Å². The van der Waals surface area contributed by atoms with Gasteiger partial charge in [0.2, 0.25) is 0 Å². The highest BCUT2D eigenvalue weighted by Crippen LogP contribution is 2.55. The Hall–Kier alpha value is -0.630. The van der Waals surface area contributed by atoms with Gasteiger partial charge in [-0.15, -0.1) is 11.8 Å². The maximum absolute atomic E-state index is 11.0. The van der Waals surface area contributed by atoms with Crippen molar-refractivity contribution >= 4 is 11.8 Å². The van der Waals surface area contributed by atoms with Gasteiger partial charge in [0.05, 0.1) is 0 Å². The van der Waals surface area contributed by atoms with E-state index in [0.29, 0.717) is 10.5 Å². The van der Waals surface area contributed by atoms with Gasteiger partial charge in [0, 0.05) is 20.8 Å². The second-order valence-electron chi connectivity index (χ2n) is 8.79.